The van der Waals surface area contributed by atoms with Gasteiger partial charge < -0.3 is 10.1 Å². The quantitative estimate of drug-likeness (QED) is 0.235. The maximum atomic E-state index is 5.54. The molecule has 152 valence electrons. The molecule has 0 fully saturated rings. The fraction of sp³-hybridized carbons (Fsp3) is 1.00. The molecule has 0 atom stereocenters. The van der Waals surface area contributed by atoms with Crippen LogP contribution in [0, 0.1) is 5.41 Å². The second-order valence-corrected chi connectivity index (χ2v) is 8.57. The van der Waals surface area contributed by atoms with Gasteiger partial charge in [-0.2, -0.15) is 0 Å². The van der Waals surface area contributed by atoms with Gasteiger partial charge in [0.15, 0.2) is 0 Å². The molecule has 0 heterocycles. The molecule has 0 saturated carbocycles. The smallest absolute Gasteiger partial charge is 0.0529 e. The molecule has 25 heavy (non-hydrogen) atoms. The first kappa shape index (κ1) is 24.9. The molecule has 2 heteroatoms. The second kappa shape index (κ2) is 18.7. The van der Waals surface area contributed by atoms with E-state index in [0.29, 0.717) is 0 Å². The number of rotatable bonds is 20. The van der Waals surface area contributed by atoms with Gasteiger partial charge in [-0.25, -0.2) is 0 Å². The summed E-state index contributed by atoms with van der Waals surface area (Å²) in [6, 6.07) is 0. The van der Waals surface area contributed by atoms with E-state index in [1.54, 1.807) is 0 Å². The van der Waals surface area contributed by atoms with Crippen molar-refractivity contribution in [2.75, 3.05) is 26.3 Å². The Morgan fingerprint density at radius 2 is 1.08 bits per heavy atom. The van der Waals surface area contributed by atoms with Crippen LogP contribution in [0.25, 0.3) is 0 Å². The molecular formula is C23H49NO. The third-order valence-corrected chi connectivity index (χ3v) is 5.01. The lowest BCUT2D eigenvalue weighted by atomic mass is 9.95. The van der Waals surface area contributed by atoms with Crippen molar-refractivity contribution in [1.82, 2.24) is 5.32 Å². The molecule has 0 aromatic rings. The third kappa shape index (κ3) is 20.1. The van der Waals surface area contributed by atoms with E-state index in [1.165, 1.54) is 89.9 Å². The van der Waals surface area contributed by atoms with E-state index in [-0.39, 0.29) is 5.41 Å². The van der Waals surface area contributed by atoms with Gasteiger partial charge in [-0.15, -0.1) is 0 Å². The second-order valence-electron chi connectivity index (χ2n) is 8.57. The molecule has 0 amide bonds. The minimum Gasteiger partial charge on any atom is -0.381 e. The van der Waals surface area contributed by atoms with Crippen molar-refractivity contribution in [2.24, 2.45) is 5.41 Å². The van der Waals surface area contributed by atoms with E-state index in [9.17, 15) is 0 Å². The van der Waals surface area contributed by atoms with Crippen molar-refractivity contribution in [3.63, 3.8) is 0 Å². The number of hydrogen-bond donors (Lipinski definition) is 1. The van der Waals surface area contributed by atoms with Gasteiger partial charge in [0.05, 0.1) is 6.61 Å². The normalized spacial score (nSPS) is 12.0. The van der Waals surface area contributed by atoms with E-state index in [4.69, 9.17) is 4.74 Å². The van der Waals surface area contributed by atoms with Crippen LogP contribution >= 0.6 is 0 Å². The zero-order valence-electron chi connectivity index (χ0n) is 18.1. The van der Waals surface area contributed by atoms with Crippen LogP contribution in [0.15, 0.2) is 0 Å². The van der Waals surface area contributed by atoms with E-state index >= 15 is 0 Å². The summed E-state index contributed by atoms with van der Waals surface area (Å²) in [5, 5.41) is 3.60. The van der Waals surface area contributed by atoms with E-state index < -0.39 is 0 Å². The standard InChI is InChI=1S/C23H49NO/c1-5-7-8-9-10-11-12-13-14-15-16-17-18-19-20-24-21-23(3,4)22-25-6-2/h24H,5-22H2,1-4H3. The van der Waals surface area contributed by atoms with Crippen LogP contribution in [0.3, 0.4) is 0 Å². The largest absolute Gasteiger partial charge is 0.381 e. The maximum Gasteiger partial charge on any atom is 0.0529 e. The van der Waals surface area contributed by atoms with Gasteiger partial charge in [-0.3, -0.25) is 0 Å². The Bertz CT molecular complexity index is 252. The zero-order chi connectivity index (χ0) is 18.6. The van der Waals surface area contributed by atoms with Crippen LogP contribution in [0.4, 0.5) is 0 Å². The minimum absolute atomic E-state index is 0.256. The predicted octanol–water partition coefficient (Wildman–Crippen LogP) is 7.12. The number of ether oxygens (including phenoxy) is 1. The van der Waals surface area contributed by atoms with E-state index in [1.807, 2.05) is 0 Å². The lowest BCUT2D eigenvalue weighted by Gasteiger charge is -2.24. The number of hydrogen-bond acceptors (Lipinski definition) is 2. The fourth-order valence-corrected chi connectivity index (χ4v) is 3.30. The predicted molar refractivity (Wildman–Crippen MR) is 113 cm³/mol. The van der Waals surface area contributed by atoms with Gasteiger partial charge in [-0.1, -0.05) is 104 Å². The van der Waals surface area contributed by atoms with Crippen molar-refractivity contribution in [2.45, 2.75) is 118 Å². The molecule has 0 aliphatic carbocycles. The molecule has 1 N–H and O–H groups in total. The number of nitrogens with one attached hydrogen (secondary N) is 1. The average molecular weight is 356 g/mol. The molecule has 0 radical (unpaired) electrons. The van der Waals surface area contributed by atoms with Crippen LogP contribution in [0.5, 0.6) is 0 Å². The molecule has 2 nitrogen and oxygen atoms in total. The monoisotopic (exact) mass is 355 g/mol. The molecule has 0 saturated heterocycles. The van der Waals surface area contributed by atoms with Crippen LogP contribution < -0.4 is 5.32 Å². The molecule has 0 aromatic heterocycles. The molecule has 0 spiro atoms. The topological polar surface area (TPSA) is 21.3 Å². The Kier molecular flexibility index (Phi) is 18.6. The van der Waals surface area contributed by atoms with Gasteiger partial charge in [0.25, 0.3) is 0 Å². The van der Waals surface area contributed by atoms with Crippen molar-refractivity contribution in [3.8, 4) is 0 Å². The molecular weight excluding hydrogens is 306 g/mol. The van der Waals surface area contributed by atoms with Crippen molar-refractivity contribution in [3.05, 3.63) is 0 Å². The average Bonchev–Trinajstić information content (AvgIpc) is 2.59. The first-order valence-electron chi connectivity index (χ1n) is 11.4. The molecule has 0 aliphatic rings. The Hall–Kier alpha value is -0.0800. The van der Waals surface area contributed by atoms with Gasteiger partial charge in [0, 0.05) is 18.6 Å². The summed E-state index contributed by atoms with van der Waals surface area (Å²) in [6.07, 6.45) is 20.0. The van der Waals surface area contributed by atoms with Crippen LogP contribution in [-0.4, -0.2) is 26.3 Å². The van der Waals surface area contributed by atoms with Crippen LogP contribution in [0.1, 0.15) is 118 Å². The molecule has 0 bridgehead atoms. The Balaban J connectivity index is 3.14. The molecule has 0 unspecified atom stereocenters. The van der Waals surface area contributed by atoms with Crippen LogP contribution in [-0.2, 0) is 4.74 Å². The first-order chi connectivity index (χ1) is 12.1. The van der Waals surface area contributed by atoms with E-state index in [0.717, 1.165) is 26.3 Å². The van der Waals surface area contributed by atoms with E-state index in [2.05, 4.69) is 33.0 Å². The summed E-state index contributed by atoms with van der Waals surface area (Å²) in [5.74, 6) is 0. The highest BCUT2D eigenvalue weighted by Gasteiger charge is 2.16. The minimum atomic E-state index is 0.256. The highest BCUT2D eigenvalue weighted by Crippen LogP contribution is 2.14. The summed E-state index contributed by atoms with van der Waals surface area (Å²) in [7, 11) is 0. The van der Waals surface area contributed by atoms with Crippen molar-refractivity contribution < 1.29 is 4.74 Å². The Morgan fingerprint density at radius 1 is 0.640 bits per heavy atom. The fourth-order valence-electron chi connectivity index (χ4n) is 3.30. The Labute approximate surface area is 159 Å². The van der Waals surface area contributed by atoms with Gasteiger partial charge in [-0.05, 0) is 19.9 Å². The molecule has 0 aliphatic heterocycles. The molecule has 0 aromatic carbocycles. The number of unbranched alkanes of at least 4 members (excludes halogenated alkanes) is 13. The van der Waals surface area contributed by atoms with Gasteiger partial charge in [0.2, 0.25) is 0 Å². The van der Waals surface area contributed by atoms with Crippen molar-refractivity contribution >= 4 is 0 Å². The Morgan fingerprint density at radius 3 is 1.52 bits per heavy atom. The maximum absolute atomic E-state index is 5.54. The van der Waals surface area contributed by atoms with Crippen molar-refractivity contribution in [1.29, 1.82) is 0 Å². The lowest BCUT2D eigenvalue weighted by molar-refractivity contribution is 0.0706. The summed E-state index contributed by atoms with van der Waals surface area (Å²) >= 11 is 0. The van der Waals surface area contributed by atoms with Gasteiger partial charge >= 0.3 is 0 Å². The third-order valence-electron chi connectivity index (χ3n) is 5.01. The van der Waals surface area contributed by atoms with Crippen LogP contribution in [0.2, 0.25) is 0 Å². The zero-order valence-corrected chi connectivity index (χ0v) is 18.1. The summed E-state index contributed by atoms with van der Waals surface area (Å²) in [6.45, 7) is 12.8. The summed E-state index contributed by atoms with van der Waals surface area (Å²) in [4.78, 5) is 0. The highest BCUT2D eigenvalue weighted by atomic mass is 16.5. The highest BCUT2D eigenvalue weighted by molar-refractivity contribution is 4.70. The summed E-state index contributed by atoms with van der Waals surface area (Å²) < 4.78 is 5.54. The lowest BCUT2D eigenvalue weighted by Crippen LogP contribution is -2.33. The van der Waals surface area contributed by atoms with Gasteiger partial charge in [0.1, 0.15) is 0 Å². The SMILES string of the molecule is CCCCCCCCCCCCCCCCNCC(C)(C)COCC. The summed E-state index contributed by atoms with van der Waals surface area (Å²) in [5.41, 5.74) is 0.256. The first-order valence-corrected chi connectivity index (χ1v) is 11.4. The molecule has 0 rings (SSSR count).